The third kappa shape index (κ3) is 6.78. The number of nitrogens with one attached hydrogen (secondary N) is 2. The Morgan fingerprint density at radius 3 is 2.38 bits per heavy atom. The molecule has 0 heterocycles. The first-order valence-corrected chi connectivity index (χ1v) is 7.75. The van der Waals surface area contributed by atoms with Crippen LogP contribution in [0.4, 0.5) is 4.79 Å². The van der Waals surface area contributed by atoms with Crippen LogP contribution in [0, 0.1) is 0 Å². The van der Waals surface area contributed by atoms with Crippen molar-refractivity contribution in [2.24, 2.45) is 0 Å². The topological polar surface area (TPSA) is 111 Å². The van der Waals surface area contributed by atoms with Gasteiger partial charge in [0.05, 0.1) is 13.5 Å². The summed E-state index contributed by atoms with van der Waals surface area (Å²) < 4.78 is 9.95. The normalized spacial score (nSPS) is 11.1. The van der Waals surface area contributed by atoms with Gasteiger partial charge in [-0.1, -0.05) is 15.9 Å². The van der Waals surface area contributed by atoms with E-state index in [4.69, 9.17) is 4.74 Å². The van der Waals surface area contributed by atoms with E-state index in [9.17, 15) is 19.2 Å². The summed E-state index contributed by atoms with van der Waals surface area (Å²) in [5.74, 6) is -1.81. The molecule has 0 aromatic heterocycles. The number of hydrogen-bond acceptors (Lipinski definition) is 6. The molecule has 24 heavy (non-hydrogen) atoms. The zero-order valence-corrected chi connectivity index (χ0v) is 14.7. The number of methoxy groups -OCH3 is 1. The number of alkyl carbamates (subject to hydrolysis) is 1. The Morgan fingerprint density at radius 2 is 1.79 bits per heavy atom. The fraction of sp³-hybridized carbons (Fsp3) is 0.333. The van der Waals surface area contributed by atoms with Crippen molar-refractivity contribution in [2.45, 2.75) is 19.4 Å². The Hall–Kier alpha value is -2.42. The second-order valence-corrected chi connectivity index (χ2v) is 5.54. The van der Waals surface area contributed by atoms with Crippen LogP contribution >= 0.6 is 15.9 Å². The summed E-state index contributed by atoms with van der Waals surface area (Å²) >= 11 is 3.27. The fourth-order valence-corrected chi connectivity index (χ4v) is 1.81. The molecule has 0 aliphatic heterocycles. The molecule has 2 N–H and O–H groups in total. The predicted molar refractivity (Wildman–Crippen MR) is 87.2 cm³/mol. The molecule has 9 heteroatoms. The molecule has 0 aliphatic carbocycles. The van der Waals surface area contributed by atoms with E-state index >= 15 is 0 Å². The third-order valence-electron chi connectivity index (χ3n) is 2.81. The Kier molecular flexibility index (Phi) is 7.90. The number of ether oxygens (including phenoxy) is 2. The minimum absolute atomic E-state index is 0.0546. The lowest BCUT2D eigenvalue weighted by atomic mass is 10.2. The summed E-state index contributed by atoms with van der Waals surface area (Å²) in [6.45, 7) is 1.37. The quantitative estimate of drug-likeness (QED) is 0.697. The first-order valence-electron chi connectivity index (χ1n) is 6.95. The largest absolute Gasteiger partial charge is 0.453 e. The second-order valence-electron chi connectivity index (χ2n) is 4.63. The molecule has 1 rings (SSSR count). The highest BCUT2D eigenvalue weighted by molar-refractivity contribution is 9.10. The number of esters is 1. The van der Waals surface area contributed by atoms with Gasteiger partial charge in [-0.25, -0.2) is 4.79 Å². The molecule has 0 spiro atoms. The van der Waals surface area contributed by atoms with E-state index in [1.165, 1.54) is 6.92 Å². The van der Waals surface area contributed by atoms with E-state index in [-0.39, 0.29) is 18.9 Å². The summed E-state index contributed by atoms with van der Waals surface area (Å²) in [6.07, 6.45) is -2.21. The Morgan fingerprint density at radius 1 is 1.17 bits per heavy atom. The molecule has 0 bridgehead atoms. The summed E-state index contributed by atoms with van der Waals surface area (Å²) in [6, 6.07) is 6.73. The monoisotopic (exact) mass is 400 g/mol. The standard InChI is InChI=1S/C15H17BrN2O6/c1-9(13(20)18-15(22)23-2)24-12(19)7-8-17-14(21)10-3-5-11(16)6-4-10/h3-6,9H,7-8H2,1-2H3,(H,17,21)(H,18,20,22)/t9-/m1/s1. The maximum absolute atomic E-state index is 11.8. The van der Waals surface area contributed by atoms with Gasteiger partial charge in [-0.3, -0.25) is 19.7 Å². The zero-order valence-electron chi connectivity index (χ0n) is 13.1. The highest BCUT2D eigenvalue weighted by Gasteiger charge is 2.20. The average Bonchev–Trinajstić information content (AvgIpc) is 2.54. The Balaban J connectivity index is 2.33. The van der Waals surface area contributed by atoms with Crippen molar-refractivity contribution in [1.29, 1.82) is 0 Å². The van der Waals surface area contributed by atoms with Crippen LogP contribution in [-0.4, -0.2) is 43.6 Å². The molecule has 0 saturated heterocycles. The van der Waals surface area contributed by atoms with Gasteiger partial charge in [0.2, 0.25) is 0 Å². The molecule has 1 aromatic carbocycles. The van der Waals surface area contributed by atoms with E-state index in [0.29, 0.717) is 5.56 Å². The molecule has 1 aromatic rings. The molecule has 130 valence electrons. The molecular formula is C15H17BrN2O6. The number of imide groups is 1. The molecule has 0 aliphatic rings. The van der Waals surface area contributed by atoms with Crippen molar-refractivity contribution in [3.8, 4) is 0 Å². The fourth-order valence-electron chi connectivity index (χ4n) is 1.54. The van der Waals surface area contributed by atoms with Crippen LogP contribution in [0.5, 0.6) is 0 Å². The van der Waals surface area contributed by atoms with Crippen molar-refractivity contribution in [3.05, 3.63) is 34.3 Å². The van der Waals surface area contributed by atoms with Gasteiger partial charge in [0, 0.05) is 16.6 Å². The van der Waals surface area contributed by atoms with E-state index in [1.807, 2.05) is 5.32 Å². The van der Waals surface area contributed by atoms with E-state index in [2.05, 4.69) is 26.0 Å². The van der Waals surface area contributed by atoms with Crippen LogP contribution in [0.25, 0.3) is 0 Å². The average molecular weight is 401 g/mol. The number of hydrogen-bond donors (Lipinski definition) is 2. The summed E-state index contributed by atoms with van der Waals surface area (Å²) in [4.78, 5) is 45.8. The molecule has 0 unspecified atom stereocenters. The minimum atomic E-state index is -1.15. The Bertz CT molecular complexity index is 617. The molecular weight excluding hydrogens is 384 g/mol. The molecule has 8 nitrogen and oxygen atoms in total. The number of carbonyl (C=O) groups is 4. The molecule has 0 saturated carbocycles. The number of benzene rings is 1. The van der Waals surface area contributed by atoms with Gasteiger partial charge in [0.25, 0.3) is 11.8 Å². The van der Waals surface area contributed by atoms with Gasteiger partial charge >= 0.3 is 12.1 Å². The van der Waals surface area contributed by atoms with Crippen LogP contribution in [0.2, 0.25) is 0 Å². The van der Waals surface area contributed by atoms with Gasteiger partial charge in [-0.2, -0.15) is 0 Å². The van der Waals surface area contributed by atoms with Gasteiger partial charge < -0.3 is 14.8 Å². The summed E-state index contributed by atoms with van der Waals surface area (Å²) in [7, 11) is 1.10. The predicted octanol–water partition coefficient (Wildman–Crippen LogP) is 1.38. The van der Waals surface area contributed by atoms with E-state index < -0.39 is 24.1 Å². The lowest BCUT2D eigenvalue weighted by Crippen LogP contribution is -2.39. The van der Waals surface area contributed by atoms with Crippen molar-refractivity contribution in [3.63, 3.8) is 0 Å². The second kappa shape index (κ2) is 9.66. The maximum atomic E-state index is 11.8. The Labute approximate surface area is 147 Å². The number of rotatable bonds is 6. The summed E-state index contributed by atoms with van der Waals surface area (Å²) in [5.41, 5.74) is 0.456. The first kappa shape index (κ1) is 19.6. The van der Waals surface area contributed by atoms with Crippen molar-refractivity contribution >= 4 is 39.8 Å². The van der Waals surface area contributed by atoms with Crippen LogP contribution < -0.4 is 10.6 Å². The smallest absolute Gasteiger partial charge is 0.413 e. The molecule has 0 fully saturated rings. The van der Waals surface area contributed by atoms with Crippen LogP contribution in [-0.2, 0) is 19.1 Å². The van der Waals surface area contributed by atoms with Gasteiger partial charge in [0.1, 0.15) is 0 Å². The van der Waals surface area contributed by atoms with Gasteiger partial charge in [-0.05, 0) is 31.2 Å². The van der Waals surface area contributed by atoms with E-state index in [0.717, 1.165) is 11.6 Å². The van der Waals surface area contributed by atoms with E-state index in [1.54, 1.807) is 24.3 Å². The third-order valence-corrected chi connectivity index (χ3v) is 3.34. The molecule has 3 amide bonds. The van der Waals surface area contributed by atoms with Crippen LogP contribution in [0.3, 0.4) is 0 Å². The van der Waals surface area contributed by atoms with Crippen LogP contribution in [0.15, 0.2) is 28.7 Å². The molecule has 1 atom stereocenters. The number of carbonyl (C=O) groups excluding carboxylic acids is 4. The van der Waals surface area contributed by atoms with Crippen LogP contribution in [0.1, 0.15) is 23.7 Å². The lowest BCUT2D eigenvalue weighted by Gasteiger charge is -2.12. The minimum Gasteiger partial charge on any atom is -0.453 e. The lowest BCUT2D eigenvalue weighted by molar-refractivity contribution is -0.154. The molecule has 0 radical (unpaired) electrons. The van der Waals surface area contributed by atoms with Crippen molar-refractivity contribution in [2.75, 3.05) is 13.7 Å². The van der Waals surface area contributed by atoms with Crippen molar-refractivity contribution in [1.82, 2.24) is 10.6 Å². The summed E-state index contributed by atoms with van der Waals surface area (Å²) in [5, 5.41) is 4.45. The zero-order chi connectivity index (χ0) is 18.1. The highest BCUT2D eigenvalue weighted by atomic mass is 79.9. The number of amides is 3. The first-order chi connectivity index (χ1) is 11.3. The van der Waals surface area contributed by atoms with Gasteiger partial charge in [0.15, 0.2) is 6.10 Å². The maximum Gasteiger partial charge on any atom is 0.413 e. The van der Waals surface area contributed by atoms with Gasteiger partial charge in [-0.15, -0.1) is 0 Å². The number of halogens is 1. The highest BCUT2D eigenvalue weighted by Crippen LogP contribution is 2.10. The van der Waals surface area contributed by atoms with Crippen molar-refractivity contribution < 1.29 is 28.7 Å². The SMILES string of the molecule is COC(=O)NC(=O)[C@@H](C)OC(=O)CCNC(=O)c1ccc(Br)cc1.